The summed E-state index contributed by atoms with van der Waals surface area (Å²) in [5.74, 6) is -0.546. The van der Waals surface area contributed by atoms with E-state index in [1.54, 1.807) is 13.8 Å². The molecule has 0 aliphatic rings. The molecule has 2 aromatic rings. The van der Waals surface area contributed by atoms with Gasteiger partial charge < -0.3 is 29.3 Å². The van der Waals surface area contributed by atoms with Gasteiger partial charge >= 0.3 is 15.6 Å². The number of ether oxygens (including phenoxy) is 1. The van der Waals surface area contributed by atoms with Gasteiger partial charge in [0.05, 0.1) is 34.6 Å². The topological polar surface area (TPSA) is 209 Å². The van der Waals surface area contributed by atoms with Gasteiger partial charge in [0.2, 0.25) is 10.0 Å². The lowest BCUT2D eigenvalue weighted by Gasteiger charge is -2.21. The van der Waals surface area contributed by atoms with Crippen LogP contribution >= 0.6 is 39.1 Å². The van der Waals surface area contributed by atoms with E-state index in [0.717, 1.165) is 0 Å². The summed E-state index contributed by atoms with van der Waals surface area (Å²) in [5, 5.41) is 2.49. The molecule has 2 rings (SSSR count). The number of halogens is 2. The number of carbonyl (C=O) groups excluding carboxylic acids is 1. The fraction of sp³-hybridized carbons (Fsp3) is 0.350. The maximum absolute atomic E-state index is 13.1. The highest BCUT2D eigenvalue weighted by molar-refractivity contribution is 7.89. The van der Waals surface area contributed by atoms with Gasteiger partial charge in [0.15, 0.2) is 0 Å². The fourth-order valence-corrected chi connectivity index (χ4v) is 5.50. The minimum atomic E-state index is -4.64. The highest BCUT2D eigenvalue weighted by Gasteiger charge is 2.26. The van der Waals surface area contributed by atoms with E-state index in [1.807, 2.05) is 6.92 Å². The first-order valence-electron chi connectivity index (χ1n) is 10.9. The standard InChI is InChI=1S/C20H25Cl2N2O8PS.H3O4P/c1-5-13-10-15(34(28,29)24(6-2)7-3)12-17(19(13)30-4)23-20(25)14-8-9-18(16(21)11-14)31-33(26,27)32-22;1-5(2,3)4/h8-12H,5-7H2,1-4H3,(H,23,25)(H,26,27);(H3,1,2,3,4). The number of hydrogen-bond donors (Lipinski definition) is 5. The number of amides is 1. The van der Waals surface area contributed by atoms with Gasteiger partial charge in [-0.25, -0.2) is 17.5 Å². The van der Waals surface area contributed by atoms with Crippen molar-refractivity contribution >= 4 is 60.7 Å². The lowest BCUT2D eigenvalue weighted by Crippen LogP contribution is -2.30. The molecule has 220 valence electrons. The summed E-state index contributed by atoms with van der Waals surface area (Å²) in [4.78, 5) is 43.8. The van der Waals surface area contributed by atoms with Crippen molar-refractivity contribution in [1.29, 1.82) is 0 Å². The van der Waals surface area contributed by atoms with Gasteiger partial charge in [-0.15, -0.1) is 0 Å². The monoisotopic (exact) mass is 652 g/mol. The van der Waals surface area contributed by atoms with Crippen molar-refractivity contribution < 1.29 is 55.3 Å². The average molecular weight is 653 g/mol. The summed E-state index contributed by atoms with van der Waals surface area (Å²) < 4.78 is 61.8. The van der Waals surface area contributed by atoms with Crippen LogP contribution in [0.2, 0.25) is 5.02 Å². The largest absolute Gasteiger partial charge is 0.544 e. The third-order valence-electron chi connectivity index (χ3n) is 4.81. The Morgan fingerprint density at radius 3 is 2.05 bits per heavy atom. The number of phosphoric ester groups is 1. The minimum absolute atomic E-state index is 0.0192. The van der Waals surface area contributed by atoms with E-state index < -0.39 is 31.6 Å². The second-order valence-electron chi connectivity index (χ2n) is 7.35. The van der Waals surface area contributed by atoms with Crippen molar-refractivity contribution in [3.05, 3.63) is 46.5 Å². The molecule has 2 aromatic carbocycles. The molecule has 19 heteroatoms. The van der Waals surface area contributed by atoms with Crippen LogP contribution in [0.15, 0.2) is 35.2 Å². The molecule has 1 amide bonds. The zero-order chi connectivity index (χ0) is 30.2. The smallest absolute Gasteiger partial charge is 0.494 e. The van der Waals surface area contributed by atoms with Crippen LogP contribution in [0.25, 0.3) is 0 Å². The maximum atomic E-state index is 13.1. The number of sulfonamides is 1. The number of rotatable bonds is 11. The summed E-state index contributed by atoms with van der Waals surface area (Å²) >= 11 is 11.0. The molecule has 0 radical (unpaired) electrons. The summed E-state index contributed by atoms with van der Waals surface area (Å²) in [6.07, 6.45) is 0.454. The van der Waals surface area contributed by atoms with Crippen LogP contribution in [-0.4, -0.2) is 58.4 Å². The molecule has 1 atom stereocenters. The van der Waals surface area contributed by atoms with Crippen LogP contribution in [0.5, 0.6) is 11.5 Å². The third kappa shape index (κ3) is 10.6. The first kappa shape index (κ1) is 35.3. The number of carbonyl (C=O) groups is 1. The van der Waals surface area contributed by atoms with Crippen molar-refractivity contribution in [1.82, 2.24) is 4.31 Å². The molecular weight excluding hydrogens is 625 g/mol. The lowest BCUT2D eigenvalue weighted by molar-refractivity contribution is 0.102. The number of nitrogens with zero attached hydrogens (tertiary/aromatic N) is 1. The molecule has 1 unspecified atom stereocenters. The molecule has 0 saturated heterocycles. The highest BCUT2D eigenvalue weighted by Crippen LogP contribution is 2.47. The van der Waals surface area contributed by atoms with E-state index in [0.29, 0.717) is 17.7 Å². The Morgan fingerprint density at radius 1 is 1.05 bits per heavy atom. The van der Waals surface area contributed by atoms with Crippen LogP contribution in [-0.2, 0) is 29.7 Å². The van der Waals surface area contributed by atoms with Gasteiger partial charge in [-0.2, -0.15) is 8.38 Å². The van der Waals surface area contributed by atoms with E-state index in [2.05, 4.69) is 9.39 Å². The molecule has 39 heavy (non-hydrogen) atoms. The van der Waals surface area contributed by atoms with Crippen molar-refractivity contribution in [2.45, 2.75) is 32.1 Å². The molecule has 5 N–H and O–H groups in total. The van der Waals surface area contributed by atoms with Gasteiger partial charge in [0.25, 0.3) is 5.91 Å². The van der Waals surface area contributed by atoms with Crippen molar-refractivity contribution in [2.75, 3.05) is 25.5 Å². The second kappa shape index (κ2) is 14.8. The molecular formula is C20H28Cl2N2O12P2S. The fourth-order valence-electron chi connectivity index (χ4n) is 3.17. The normalized spacial score (nSPS) is 13.2. The quantitative estimate of drug-likeness (QED) is 0.219. The van der Waals surface area contributed by atoms with E-state index >= 15 is 0 Å². The van der Waals surface area contributed by atoms with Gasteiger partial charge in [-0.3, -0.25) is 9.69 Å². The summed E-state index contributed by atoms with van der Waals surface area (Å²) in [7, 11) is -11.6. The van der Waals surface area contributed by atoms with Gasteiger partial charge in [-0.05, 0) is 42.3 Å². The Hall–Kier alpha value is -1.74. The predicted molar refractivity (Wildman–Crippen MR) is 144 cm³/mol. The number of anilines is 1. The molecule has 0 aromatic heterocycles. The number of benzene rings is 2. The number of nitrogens with one attached hydrogen (secondary N) is 1. The molecule has 0 heterocycles. The first-order valence-corrected chi connectivity index (χ1v) is 16.1. The third-order valence-corrected chi connectivity index (χ3v) is 8.26. The van der Waals surface area contributed by atoms with Gasteiger partial charge in [0, 0.05) is 18.7 Å². The van der Waals surface area contributed by atoms with E-state index in [9.17, 15) is 22.7 Å². The van der Waals surface area contributed by atoms with Crippen LogP contribution in [0.4, 0.5) is 5.69 Å². The van der Waals surface area contributed by atoms with Crippen molar-refractivity contribution in [3.8, 4) is 11.5 Å². The van der Waals surface area contributed by atoms with Crippen LogP contribution < -0.4 is 14.6 Å². The second-order valence-corrected chi connectivity index (χ2v) is 12.4. The maximum Gasteiger partial charge on any atom is 0.544 e. The van der Waals surface area contributed by atoms with Crippen LogP contribution in [0.1, 0.15) is 36.7 Å². The minimum Gasteiger partial charge on any atom is -0.494 e. The predicted octanol–water partition coefficient (Wildman–Crippen LogP) is 3.91. The Bertz CT molecular complexity index is 1360. The van der Waals surface area contributed by atoms with Crippen LogP contribution in [0.3, 0.4) is 0 Å². The number of aryl methyl sites for hydroxylation is 1. The first-order chi connectivity index (χ1) is 17.9. The Balaban J connectivity index is 0.00000139. The average Bonchev–Trinajstić information content (AvgIpc) is 2.84. The van der Waals surface area contributed by atoms with E-state index in [-0.39, 0.29) is 40.0 Å². The zero-order valence-electron chi connectivity index (χ0n) is 21.1. The lowest BCUT2D eigenvalue weighted by atomic mass is 10.1. The van der Waals surface area contributed by atoms with Crippen molar-refractivity contribution in [2.24, 2.45) is 0 Å². The van der Waals surface area contributed by atoms with Crippen molar-refractivity contribution in [3.63, 3.8) is 0 Å². The van der Waals surface area contributed by atoms with Crippen LogP contribution in [0, 0.1) is 0 Å². The molecule has 0 spiro atoms. The molecule has 0 aliphatic carbocycles. The highest BCUT2D eigenvalue weighted by atomic mass is 35.5. The van der Waals surface area contributed by atoms with E-state index in [1.165, 1.54) is 41.7 Å². The summed E-state index contributed by atoms with van der Waals surface area (Å²) in [6, 6.07) is 6.53. The van der Waals surface area contributed by atoms with Gasteiger partial charge in [0.1, 0.15) is 11.5 Å². The Morgan fingerprint density at radius 2 is 1.62 bits per heavy atom. The number of methoxy groups -OCH3 is 1. The van der Waals surface area contributed by atoms with E-state index in [4.69, 9.17) is 52.0 Å². The summed E-state index contributed by atoms with van der Waals surface area (Å²) in [5.41, 5.74) is 0.811. The number of phosphoric acid groups is 2. The Kier molecular flexibility index (Phi) is 13.4. The molecule has 0 saturated carbocycles. The number of hydrogen-bond acceptors (Lipinski definition) is 8. The molecule has 14 nitrogen and oxygen atoms in total. The SMILES string of the molecule is CCc1cc(S(=O)(=O)N(CC)CC)cc(NC(=O)c2ccc(OP(=O)(O)OCl)c(Cl)c2)c1OC.O=P(O)(O)O. The Labute approximate surface area is 235 Å². The molecule has 0 bridgehead atoms. The zero-order valence-corrected chi connectivity index (χ0v) is 25.2. The molecule has 0 aliphatic heterocycles. The summed E-state index contributed by atoms with van der Waals surface area (Å²) in [6.45, 7) is 5.88. The molecule has 0 fully saturated rings. The van der Waals surface area contributed by atoms with Gasteiger partial charge in [-0.1, -0.05) is 32.4 Å².